The highest BCUT2D eigenvalue weighted by Crippen LogP contribution is 2.19. The van der Waals surface area contributed by atoms with E-state index in [0.29, 0.717) is 11.8 Å². The van der Waals surface area contributed by atoms with Crippen molar-refractivity contribution in [1.82, 2.24) is 9.80 Å². The van der Waals surface area contributed by atoms with E-state index in [1.54, 1.807) is 11.8 Å². The van der Waals surface area contributed by atoms with Gasteiger partial charge in [-0.15, -0.1) is 0 Å². The summed E-state index contributed by atoms with van der Waals surface area (Å²) in [6.07, 6.45) is 0.140. The molecule has 6 heteroatoms. The van der Waals surface area contributed by atoms with Gasteiger partial charge < -0.3 is 9.84 Å². The van der Waals surface area contributed by atoms with Gasteiger partial charge in [-0.3, -0.25) is 14.6 Å². The van der Waals surface area contributed by atoms with E-state index in [1.807, 2.05) is 0 Å². The molecule has 2 rings (SSSR count). The van der Waals surface area contributed by atoms with Gasteiger partial charge >= 0.3 is 5.97 Å². The standard InChI is InChI=1S/C13H24N2O3S/c1-10(2)14-3-5-18-11(7-14)8-15-4-6-19-9-12(15)13(16)17/h10-12H,3-9H2,1-2H3,(H,16,17). The Morgan fingerprint density at radius 2 is 2.26 bits per heavy atom. The largest absolute Gasteiger partial charge is 0.480 e. The number of hydrogen-bond acceptors (Lipinski definition) is 5. The normalized spacial score (nSPS) is 30.7. The second-order valence-electron chi connectivity index (χ2n) is 5.51. The second-order valence-corrected chi connectivity index (χ2v) is 6.66. The first-order valence-electron chi connectivity index (χ1n) is 6.98. The summed E-state index contributed by atoms with van der Waals surface area (Å²) < 4.78 is 5.81. The fourth-order valence-corrected chi connectivity index (χ4v) is 3.77. The van der Waals surface area contributed by atoms with Crippen LogP contribution in [0.5, 0.6) is 0 Å². The summed E-state index contributed by atoms with van der Waals surface area (Å²) in [6.45, 7) is 8.62. The zero-order chi connectivity index (χ0) is 13.8. The Bertz CT molecular complexity index is 314. The Morgan fingerprint density at radius 1 is 1.47 bits per heavy atom. The van der Waals surface area contributed by atoms with E-state index in [2.05, 4.69) is 23.6 Å². The number of nitrogens with zero attached hydrogens (tertiary/aromatic N) is 2. The van der Waals surface area contributed by atoms with Crippen LogP contribution in [0.1, 0.15) is 13.8 Å². The molecule has 2 atom stereocenters. The third-order valence-electron chi connectivity index (χ3n) is 3.86. The van der Waals surface area contributed by atoms with Crippen molar-refractivity contribution in [3.8, 4) is 0 Å². The molecule has 2 aliphatic heterocycles. The lowest BCUT2D eigenvalue weighted by Crippen LogP contribution is -2.54. The monoisotopic (exact) mass is 288 g/mol. The van der Waals surface area contributed by atoms with E-state index in [1.165, 1.54) is 0 Å². The third kappa shape index (κ3) is 4.08. The molecular weight excluding hydrogens is 264 g/mol. The first-order valence-corrected chi connectivity index (χ1v) is 8.13. The highest BCUT2D eigenvalue weighted by atomic mass is 32.2. The molecule has 0 aromatic rings. The maximum Gasteiger partial charge on any atom is 0.321 e. The van der Waals surface area contributed by atoms with Gasteiger partial charge in [0.15, 0.2) is 0 Å². The van der Waals surface area contributed by atoms with Crippen LogP contribution in [0, 0.1) is 0 Å². The fraction of sp³-hybridized carbons (Fsp3) is 0.923. The lowest BCUT2D eigenvalue weighted by Gasteiger charge is -2.40. The van der Waals surface area contributed by atoms with Crippen molar-refractivity contribution in [3.63, 3.8) is 0 Å². The van der Waals surface area contributed by atoms with Gasteiger partial charge in [-0.25, -0.2) is 0 Å². The molecule has 0 bridgehead atoms. The van der Waals surface area contributed by atoms with Gasteiger partial charge in [0.25, 0.3) is 0 Å². The molecule has 0 amide bonds. The van der Waals surface area contributed by atoms with Gasteiger partial charge in [-0.1, -0.05) is 0 Å². The quantitative estimate of drug-likeness (QED) is 0.817. The summed E-state index contributed by atoms with van der Waals surface area (Å²) in [6, 6.07) is 0.176. The highest BCUT2D eigenvalue weighted by molar-refractivity contribution is 7.99. The number of morpholine rings is 1. The van der Waals surface area contributed by atoms with Crippen molar-refractivity contribution in [2.45, 2.75) is 32.0 Å². The second kappa shape index (κ2) is 6.92. The molecule has 2 saturated heterocycles. The number of carboxylic acid groups (broad SMARTS) is 1. The molecule has 2 fully saturated rings. The van der Waals surface area contributed by atoms with Gasteiger partial charge in [0, 0.05) is 43.7 Å². The molecule has 110 valence electrons. The van der Waals surface area contributed by atoms with Crippen molar-refractivity contribution < 1.29 is 14.6 Å². The van der Waals surface area contributed by atoms with Gasteiger partial charge in [0.2, 0.25) is 0 Å². The van der Waals surface area contributed by atoms with E-state index < -0.39 is 5.97 Å². The molecule has 0 saturated carbocycles. The van der Waals surface area contributed by atoms with Crippen LogP contribution in [0.3, 0.4) is 0 Å². The van der Waals surface area contributed by atoms with Crippen LogP contribution < -0.4 is 0 Å². The van der Waals surface area contributed by atoms with Gasteiger partial charge in [0.1, 0.15) is 6.04 Å². The van der Waals surface area contributed by atoms with Gasteiger partial charge in [0.05, 0.1) is 12.7 Å². The molecule has 0 spiro atoms. The summed E-state index contributed by atoms with van der Waals surface area (Å²) in [7, 11) is 0. The molecule has 0 aliphatic carbocycles. The molecule has 5 nitrogen and oxygen atoms in total. The number of carbonyl (C=O) groups is 1. The van der Waals surface area contributed by atoms with E-state index in [9.17, 15) is 9.90 Å². The zero-order valence-electron chi connectivity index (χ0n) is 11.7. The van der Waals surface area contributed by atoms with Crippen molar-refractivity contribution in [1.29, 1.82) is 0 Å². The molecule has 2 heterocycles. The third-order valence-corrected chi connectivity index (χ3v) is 4.89. The van der Waals surface area contributed by atoms with E-state index in [-0.39, 0.29) is 12.1 Å². The Morgan fingerprint density at radius 3 is 2.95 bits per heavy atom. The number of carboxylic acids is 1. The predicted molar refractivity (Wildman–Crippen MR) is 76.8 cm³/mol. The number of aliphatic carboxylic acids is 1. The first kappa shape index (κ1) is 15.1. The number of ether oxygens (including phenoxy) is 1. The minimum atomic E-state index is -0.705. The maximum absolute atomic E-state index is 11.3. The summed E-state index contributed by atoms with van der Waals surface area (Å²) in [5.74, 6) is 1.00. The van der Waals surface area contributed by atoms with E-state index in [0.717, 1.165) is 38.5 Å². The van der Waals surface area contributed by atoms with Crippen LogP contribution >= 0.6 is 11.8 Å². The van der Waals surface area contributed by atoms with Crippen molar-refractivity contribution in [2.75, 3.05) is 44.3 Å². The molecule has 1 N–H and O–H groups in total. The van der Waals surface area contributed by atoms with Crippen molar-refractivity contribution >= 4 is 17.7 Å². The lowest BCUT2D eigenvalue weighted by atomic mass is 10.2. The van der Waals surface area contributed by atoms with Crippen LogP contribution in [0.15, 0.2) is 0 Å². The number of hydrogen-bond donors (Lipinski definition) is 1. The summed E-state index contributed by atoms with van der Waals surface area (Å²) in [4.78, 5) is 15.8. The van der Waals surface area contributed by atoms with Crippen molar-refractivity contribution in [2.24, 2.45) is 0 Å². The summed E-state index contributed by atoms with van der Waals surface area (Å²) in [5.41, 5.74) is 0. The van der Waals surface area contributed by atoms with Crippen LogP contribution in [-0.4, -0.2) is 83.4 Å². The average Bonchev–Trinajstić information content (AvgIpc) is 2.39. The Kier molecular flexibility index (Phi) is 5.50. The van der Waals surface area contributed by atoms with Crippen LogP contribution in [-0.2, 0) is 9.53 Å². The van der Waals surface area contributed by atoms with Gasteiger partial charge in [-0.05, 0) is 13.8 Å². The molecular formula is C13H24N2O3S. The Balaban J connectivity index is 1.89. The minimum absolute atomic E-state index is 0.140. The molecule has 0 radical (unpaired) electrons. The molecule has 2 unspecified atom stereocenters. The maximum atomic E-state index is 11.3. The summed E-state index contributed by atoms with van der Waals surface area (Å²) >= 11 is 1.73. The predicted octanol–water partition coefficient (Wildman–Crippen LogP) is 0.598. The molecule has 2 aliphatic rings. The Hall–Kier alpha value is -0.300. The fourth-order valence-electron chi connectivity index (χ4n) is 2.67. The lowest BCUT2D eigenvalue weighted by molar-refractivity contribution is -0.143. The summed E-state index contributed by atoms with van der Waals surface area (Å²) in [5, 5.41) is 9.27. The number of rotatable bonds is 4. The SMILES string of the molecule is CC(C)N1CCOC(CN2CCSCC2C(=O)O)C1. The average molecular weight is 288 g/mol. The minimum Gasteiger partial charge on any atom is -0.480 e. The first-order chi connectivity index (χ1) is 9.08. The van der Waals surface area contributed by atoms with Crippen LogP contribution in [0.4, 0.5) is 0 Å². The molecule has 0 aromatic carbocycles. The van der Waals surface area contributed by atoms with Crippen LogP contribution in [0.2, 0.25) is 0 Å². The topological polar surface area (TPSA) is 53.0 Å². The van der Waals surface area contributed by atoms with E-state index >= 15 is 0 Å². The Labute approximate surface area is 119 Å². The van der Waals surface area contributed by atoms with Crippen molar-refractivity contribution in [3.05, 3.63) is 0 Å². The van der Waals surface area contributed by atoms with Gasteiger partial charge in [-0.2, -0.15) is 11.8 Å². The highest BCUT2D eigenvalue weighted by Gasteiger charge is 2.32. The van der Waals surface area contributed by atoms with Crippen LogP contribution in [0.25, 0.3) is 0 Å². The molecule has 0 aromatic heterocycles. The van der Waals surface area contributed by atoms with E-state index in [4.69, 9.17) is 4.74 Å². The smallest absolute Gasteiger partial charge is 0.321 e. The molecule has 19 heavy (non-hydrogen) atoms. The zero-order valence-corrected chi connectivity index (χ0v) is 12.6. The number of thioether (sulfide) groups is 1.